The number of allylic oxidation sites excluding steroid dienone is 1. The largest absolute Gasteiger partial charge is 0.497 e. The SMILES string of the molecule is C=C1C[C@@]2(CCc3cccc(OC)c3)C(=O)CC[C@@H]1C2=O. The van der Waals surface area contributed by atoms with Gasteiger partial charge in [0.25, 0.3) is 0 Å². The lowest BCUT2D eigenvalue weighted by Gasteiger charge is -2.29. The fourth-order valence-electron chi connectivity index (χ4n) is 3.74. The van der Waals surface area contributed by atoms with E-state index >= 15 is 0 Å². The van der Waals surface area contributed by atoms with Gasteiger partial charge in [-0.1, -0.05) is 24.3 Å². The highest BCUT2D eigenvalue weighted by atomic mass is 16.5. The number of methoxy groups -OCH3 is 1. The fourth-order valence-corrected chi connectivity index (χ4v) is 3.74. The van der Waals surface area contributed by atoms with Crippen molar-refractivity contribution >= 4 is 11.6 Å². The van der Waals surface area contributed by atoms with E-state index in [0.29, 0.717) is 32.1 Å². The van der Waals surface area contributed by atoms with Crippen molar-refractivity contribution in [3.05, 3.63) is 42.0 Å². The number of hydrogen-bond acceptors (Lipinski definition) is 3. The molecule has 1 aromatic rings. The molecule has 110 valence electrons. The molecule has 2 fully saturated rings. The lowest BCUT2D eigenvalue weighted by molar-refractivity contribution is -0.143. The summed E-state index contributed by atoms with van der Waals surface area (Å²) in [4.78, 5) is 25.0. The Bertz CT molecular complexity index is 617. The quantitative estimate of drug-likeness (QED) is 0.630. The van der Waals surface area contributed by atoms with Crippen LogP contribution >= 0.6 is 0 Å². The van der Waals surface area contributed by atoms with Gasteiger partial charge in [0, 0.05) is 12.3 Å². The van der Waals surface area contributed by atoms with Crippen LogP contribution in [0.2, 0.25) is 0 Å². The number of fused-ring (bicyclic) bond motifs is 2. The Kier molecular flexibility index (Phi) is 3.44. The number of ether oxygens (including phenoxy) is 1. The third kappa shape index (κ3) is 2.21. The second kappa shape index (κ2) is 5.14. The smallest absolute Gasteiger partial charge is 0.153 e. The van der Waals surface area contributed by atoms with Crippen LogP contribution in [0.3, 0.4) is 0 Å². The number of benzene rings is 1. The molecule has 0 saturated heterocycles. The summed E-state index contributed by atoms with van der Waals surface area (Å²) >= 11 is 0. The molecule has 0 aliphatic heterocycles. The van der Waals surface area contributed by atoms with E-state index in [-0.39, 0.29) is 17.5 Å². The van der Waals surface area contributed by atoms with Crippen molar-refractivity contribution in [2.24, 2.45) is 11.3 Å². The molecule has 0 amide bonds. The molecule has 3 rings (SSSR count). The monoisotopic (exact) mass is 284 g/mol. The number of hydrogen-bond donors (Lipinski definition) is 0. The van der Waals surface area contributed by atoms with Crippen molar-refractivity contribution in [2.75, 3.05) is 7.11 Å². The van der Waals surface area contributed by atoms with Crippen LogP contribution in [-0.4, -0.2) is 18.7 Å². The third-order valence-corrected chi connectivity index (χ3v) is 4.98. The second-order valence-electron chi connectivity index (χ2n) is 6.15. The molecule has 2 bridgehead atoms. The van der Waals surface area contributed by atoms with Crippen molar-refractivity contribution in [1.82, 2.24) is 0 Å². The third-order valence-electron chi connectivity index (χ3n) is 4.98. The Morgan fingerprint density at radius 2 is 2.19 bits per heavy atom. The lowest BCUT2D eigenvalue weighted by Crippen LogP contribution is -2.41. The predicted octanol–water partition coefficient (Wildman–Crippen LogP) is 3.12. The van der Waals surface area contributed by atoms with Crippen LogP contribution in [-0.2, 0) is 16.0 Å². The van der Waals surface area contributed by atoms with Gasteiger partial charge in [-0.2, -0.15) is 0 Å². The van der Waals surface area contributed by atoms with Crippen molar-refractivity contribution < 1.29 is 14.3 Å². The average molecular weight is 284 g/mol. The first-order valence-electron chi connectivity index (χ1n) is 7.45. The molecule has 0 heterocycles. The van der Waals surface area contributed by atoms with E-state index in [1.165, 1.54) is 0 Å². The summed E-state index contributed by atoms with van der Waals surface area (Å²) in [5.41, 5.74) is 1.27. The minimum Gasteiger partial charge on any atom is -0.497 e. The van der Waals surface area contributed by atoms with Crippen molar-refractivity contribution in [1.29, 1.82) is 0 Å². The number of carbonyl (C=O) groups excluding carboxylic acids is 2. The molecular weight excluding hydrogens is 264 g/mol. The zero-order valence-corrected chi connectivity index (χ0v) is 12.4. The van der Waals surface area contributed by atoms with Gasteiger partial charge in [0.05, 0.1) is 12.5 Å². The highest BCUT2D eigenvalue weighted by molar-refractivity contribution is 6.13. The molecule has 0 unspecified atom stereocenters. The molecule has 0 spiro atoms. The summed E-state index contributed by atoms with van der Waals surface area (Å²) in [5.74, 6) is 0.963. The average Bonchev–Trinajstić information content (AvgIpc) is 2.65. The molecular formula is C18H20O3. The summed E-state index contributed by atoms with van der Waals surface area (Å²) in [5, 5.41) is 0. The molecule has 1 aromatic carbocycles. The van der Waals surface area contributed by atoms with Gasteiger partial charge in [0.15, 0.2) is 5.78 Å². The Labute approximate surface area is 125 Å². The maximum Gasteiger partial charge on any atom is 0.153 e. The van der Waals surface area contributed by atoms with Crippen LogP contribution < -0.4 is 4.74 Å². The maximum atomic E-state index is 12.6. The van der Waals surface area contributed by atoms with Crippen LogP contribution in [0.1, 0.15) is 31.2 Å². The predicted molar refractivity (Wildman–Crippen MR) is 80.2 cm³/mol. The van der Waals surface area contributed by atoms with Gasteiger partial charge >= 0.3 is 0 Å². The molecule has 0 N–H and O–H groups in total. The van der Waals surface area contributed by atoms with Crippen LogP contribution in [0.25, 0.3) is 0 Å². The van der Waals surface area contributed by atoms with Crippen LogP contribution in [0.15, 0.2) is 36.4 Å². The van der Waals surface area contributed by atoms with E-state index in [0.717, 1.165) is 16.9 Å². The normalized spacial score (nSPS) is 28.0. The molecule has 3 nitrogen and oxygen atoms in total. The number of aryl methyl sites for hydroxylation is 1. The minimum atomic E-state index is -0.789. The molecule has 21 heavy (non-hydrogen) atoms. The number of ketones is 2. The molecule has 2 saturated carbocycles. The fraction of sp³-hybridized carbons (Fsp3) is 0.444. The number of carbonyl (C=O) groups is 2. The highest BCUT2D eigenvalue weighted by Gasteiger charge is 2.56. The summed E-state index contributed by atoms with van der Waals surface area (Å²) < 4.78 is 5.22. The van der Waals surface area contributed by atoms with Gasteiger partial charge < -0.3 is 4.74 Å². The lowest BCUT2D eigenvalue weighted by atomic mass is 9.70. The molecule has 3 heteroatoms. The summed E-state index contributed by atoms with van der Waals surface area (Å²) in [6.45, 7) is 4.02. The first kappa shape index (κ1) is 14.1. The van der Waals surface area contributed by atoms with Crippen LogP contribution in [0.5, 0.6) is 5.75 Å². The molecule has 2 atom stereocenters. The van der Waals surface area contributed by atoms with Crippen molar-refractivity contribution in [3.63, 3.8) is 0 Å². The first-order chi connectivity index (χ1) is 10.1. The standard InChI is InChI=1S/C18H20O3/c1-12-11-18(16(19)7-6-15(12)17(18)20)9-8-13-4-3-5-14(10-13)21-2/h3-5,10,15H,1,6-9,11H2,2H3/t15-,18-/m0/s1. The van der Waals surface area contributed by atoms with E-state index in [9.17, 15) is 9.59 Å². The van der Waals surface area contributed by atoms with Crippen molar-refractivity contribution in [3.8, 4) is 5.75 Å². The minimum absolute atomic E-state index is 0.0759. The molecule has 2 aliphatic rings. The van der Waals surface area contributed by atoms with E-state index in [1.54, 1.807) is 7.11 Å². The second-order valence-corrected chi connectivity index (χ2v) is 6.15. The van der Waals surface area contributed by atoms with Crippen molar-refractivity contribution in [2.45, 2.75) is 32.1 Å². The molecule has 0 aromatic heterocycles. The summed E-state index contributed by atoms with van der Waals surface area (Å²) in [6.07, 6.45) is 3.05. The van der Waals surface area contributed by atoms with Crippen LogP contribution in [0.4, 0.5) is 0 Å². The van der Waals surface area contributed by atoms with Gasteiger partial charge in [-0.05, 0) is 43.4 Å². The summed E-state index contributed by atoms with van der Waals surface area (Å²) in [6, 6.07) is 7.81. The van der Waals surface area contributed by atoms with E-state index in [2.05, 4.69) is 6.58 Å². The Hall–Kier alpha value is -1.90. The van der Waals surface area contributed by atoms with Gasteiger partial charge in [0.2, 0.25) is 0 Å². The number of rotatable bonds is 4. The van der Waals surface area contributed by atoms with Crippen LogP contribution in [0, 0.1) is 11.3 Å². The zero-order valence-electron chi connectivity index (χ0n) is 12.4. The topological polar surface area (TPSA) is 43.4 Å². The van der Waals surface area contributed by atoms with Gasteiger partial charge in [-0.15, -0.1) is 0 Å². The molecule has 2 aliphatic carbocycles. The Balaban J connectivity index is 1.81. The Morgan fingerprint density at radius 3 is 2.95 bits per heavy atom. The van der Waals surface area contributed by atoms with E-state index < -0.39 is 5.41 Å². The summed E-state index contributed by atoms with van der Waals surface area (Å²) in [7, 11) is 1.64. The van der Waals surface area contributed by atoms with E-state index in [4.69, 9.17) is 4.74 Å². The van der Waals surface area contributed by atoms with E-state index in [1.807, 2.05) is 24.3 Å². The Morgan fingerprint density at radius 1 is 1.38 bits per heavy atom. The van der Waals surface area contributed by atoms with Gasteiger partial charge in [-0.3, -0.25) is 9.59 Å². The first-order valence-corrected chi connectivity index (χ1v) is 7.45. The van der Waals surface area contributed by atoms with Gasteiger partial charge in [-0.25, -0.2) is 0 Å². The number of Topliss-reactive ketones (excluding diaryl/α,β-unsaturated/α-hetero) is 2. The maximum absolute atomic E-state index is 12.6. The zero-order chi connectivity index (χ0) is 15.0. The van der Waals surface area contributed by atoms with Gasteiger partial charge in [0.1, 0.15) is 11.5 Å². The highest BCUT2D eigenvalue weighted by Crippen LogP contribution is 2.51. The molecule has 0 radical (unpaired) electrons.